The SMILES string of the molecule is NCCCCC(NC(=O)C(N)CCC(N)=O)C(=O)N1CCCC1C(=O)NCC(=O)O. The van der Waals surface area contributed by atoms with Gasteiger partial charge in [0.05, 0.1) is 6.04 Å². The standard InChI is InChI=1S/C18H32N6O6/c19-8-2-1-4-12(23-16(28)11(20)6-7-14(21)25)18(30)24-9-3-5-13(24)17(29)22-10-15(26)27/h11-13H,1-10,19-20H2,(H2,21,25)(H,22,29)(H,23,28)(H,26,27). The zero-order valence-corrected chi connectivity index (χ0v) is 17.0. The average Bonchev–Trinajstić information content (AvgIpc) is 3.18. The van der Waals surface area contributed by atoms with Crippen LogP contribution in [0.25, 0.3) is 0 Å². The zero-order chi connectivity index (χ0) is 22.7. The molecule has 0 aromatic heterocycles. The third-order valence-electron chi connectivity index (χ3n) is 4.85. The molecule has 170 valence electrons. The lowest BCUT2D eigenvalue weighted by atomic mass is 10.1. The number of amides is 4. The summed E-state index contributed by atoms with van der Waals surface area (Å²) < 4.78 is 0. The van der Waals surface area contributed by atoms with E-state index in [0.29, 0.717) is 45.2 Å². The molecule has 1 heterocycles. The molecular weight excluding hydrogens is 396 g/mol. The summed E-state index contributed by atoms with van der Waals surface area (Å²) in [5, 5.41) is 13.6. The van der Waals surface area contributed by atoms with Gasteiger partial charge in [0, 0.05) is 13.0 Å². The van der Waals surface area contributed by atoms with Crippen molar-refractivity contribution in [3.8, 4) is 0 Å². The van der Waals surface area contributed by atoms with Crippen LogP contribution in [0, 0.1) is 0 Å². The molecule has 4 amide bonds. The molecule has 0 radical (unpaired) electrons. The second-order valence-electron chi connectivity index (χ2n) is 7.26. The molecule has 0 saturated carbocycles. The molecule has 1 aliphatic heterocycles. The van der Waals surface area contributed by atoms with Crippen molar-refractivity contribution in [1.82, 2.24) is 15.5 Å². The van der Waals surface area contributed by atoms with Gasteiger partial charge in [0.25, 0.3) is 0 Å². The fraction of sp³-hybridized carbons (Fsp3) is 0.722. The maximum Gasteiger partial charge on any atom is 0.322 e. The summed E-state index contributed by atoms with van der Waals surface area (Å²) in [6.45, 7) is 0.209. The van der Waals surface area contributed by atoms with E-state index in [1.54, 1.807) is 0 Å². The molecule has 12 nitrogen and oxygen atoms in total. The minimum Gasteiger partial charge on any atom is -0.480 e. The third kappa shape index (κ3) is 8.33. The van der Waals surface area contributed by atoms with Gasteiger partial charge in [-0.1, -0.05) is 0 Å². The van der Waals surface area contributed by atoms with Crippen LogP contribution in [-0.2, 0) is 24.0 Å². The summed E-state index contributed by atoms with van der Waals surface area (Å²) in [5.74, 6) is -3.34. The number of hydrogen-bond acceptors (Lipinski definition) is 7. The highest BCUT2D eigenvalue weighted by Crippen LogP contribution is 2.20. The summed E-state index contributed by atoms with van der Waals surface area (Å²) in [6.07, 6.45) is 2.51. The first-order valence-electron chi connectivity index (χ1n) is 10.0. The highest BCUT2D eigenvalue weighted by molar-refractivity contribution is 5.94. The Morgan fingerprint density at radius 1 is 1.13 bits per heavy atom. The Morgan fingerprint density at radius 2 is 1.83 bits per heavy atom. The Kier molecular flexibility index (Phi) is 10.8. The molecule has 1 saturated heterocycles. The van der Waals surface area contributed by atoms with Gasteiger partial charge >= 0.3 is 5.97 Å². The van der Waals surface area contributed by atoms with Gasteiger partial charge in [-0.15, -0.1) is 0 Å². The summed E-state index contributed by atoms with van der Waals surface area (Å²) in [4.78, 5) is 60.7. The van der Waals surface area contributed by atoms with Crippen molar-refractivity contribution in [2.45, 2.75) is 63.1 Å². The first kappa shape index (κ1) is 25.3. The number of primary amides is 1. The van der Waals surface area contributed by atoms with Crippen LogP contribution < -0.4 is 27.8 Å². The second kappa shape index (κ2) is 12.8. The Labute approximate surface area is 174 Å². The molecule has 0 bridgehead atoms. The van der Waals surface area contributed by atoms with E-state index in [0.717, 1.165) is 0 Å². The fourth-order valence-corrected chi connectivity index (χ4v) is 3.24. The number of aliphatic carboxylic acids is 1. The highest BCUT2D eigenvalue weighted by Gasteiger charge is 2.37. The van der Waals surface area contributed by atoms with Gasteiger partial charge in [0.2, 0.25) is 23.6 Å². The van der Waals surface area contributed by atoms with Gasteiger partial charge in [-0.2, -0.15) is 0 Å². The lowest BCUT2D eigenvalue weighted by Gasteiger charge is -2.29. The Hall–Kier alpha value is -2.73. The topological polar surface area (TPSA) is 211 Å². The monoisotopic (exact) mass is 428 g/mol. The van der Waals surface area contributed by atoms with Crippen LogP contribution in [0.1, 0.15) is 44.9 Å². The first-order valence-corrected chi connectivity index (χ1v) is 10.0. The third-order valence-corrected chi connectivity index (χ3v) is 4.85. The molecule has 30 heavy (non-hydrogen) atoms. The van der Waals surface area contributed by atoms with Gasteiger partial charge < -0.3 is 37.8 Å². The van der Waals surface area contributed by atoms with E-state index >= 15 is 0 Å². The minimum atomic E-state index is -1.18. The molecule has 3 atom stereocenters. The maximum atomic E-state index is 13.1. The number of carboxylic acid groups (broad SMARTS) is 1. The minimum absolute atomic E-state index is 0.0504. The van der Waals surface area contributed by atoms with Crippen molar-refractivity contribution in [2.24, 2.45) is 17.2 Å². The van der Waals surface area contributed by atoms with Crippen molar-refractivity contribution < 1.29 is 29.1 Å². The van der Waals surface area contributed by atoms with Crippen LogP contribution in [0.4, 0.5) is 0 Å². The lowest BCUT2D eigenvalue weighted by molar-refractivity contribution is -0.143. The molecule has 1 aliphatic rings. The van der Waals surface area contributed by atoms with Crippen LogP contribution in [0.3, 0.4) is 0 Å². The quantitative estimate of drug-likeness (QED) is 0.171. The summed E-state index contributed by atoms with van der Waals surface area (Å²) in [6, 6.07) is -2.71. The molecule has 0 aliphatic carbocycles. The Bertz CT molecular complexity index is 643. The van der Waals surface area contributed by atoms with Crippen LogP contribution in [0.2, 0.25) is 0 Å². The number of rotatable bonds is 13. The Morgan fingerprint density at radius 3 is 2.43 bits per heavy atom. The van der Waals surface area contributed by atoms with E-state index in [9.17, 15) is 24.0 Å². The first-order chi connectivity index (χ1) is 14.2. The van der Waals surface area contributed by atoms with Gasteiger partial charge in [-0.05, 0) is 45.1 Å². The van der Waals surface area contributed by atoms with Crippen molar-refractivity contribution >= 4 is 29.6 Å². The Balaban J connectivity index is 2.82. The number of unbranched alkanes of at least 4 members (excludes halogenated alkanes) is 1. The molecular formula is C18H32N6O6. The summed E-state index contributed by atoms with van der Waals surface area (Å²) in [5.41, 5.74) is 16.4. The van der Waals surface area contributed by atoms with Gasteiger partial charge in [0.1, 0.15) is 18.6 Å². The zero-order valence-electron chi connectivity index (χ0n) is 17.0. The predicted molar refractivity (Wildman–Crippen MR) is 107 cm³/mol. The van der Waals surface area contributed by atoms with Crippen LogP contribution in [0.5, 0.6) is 0 Å². The summed E-state index contributed by atoms with van der Waals surface area (Å²) in [7, 11) is 0. The molecule has 0 aromatic carbocycles. The average molecular weight is 428 g/mol. The van der Waals surface area contributed by atoms with Gasteiger partial charge in [-0.3, -0.25) is 24.0 Å². The van der Waals surface area contributed by atoms with E-state index in [1.807, 2.05) is 0 Å². The number of nitrogens with zero attached hydrogens (tertiary/aromatic N) is 1. The fourth-order valence-electron chi connectivity index (χ4n) is 3.24. The molecule has 9 N–H and O–H groups in total. The number of hydrogen-bond donors (Lipinski definition) is 6. The van der Waals surface area contributed by atoms with Crippen LogP contribution in [-0.4, -0.2) is 77.4 Å². The van der Waals surface area contributed by atoms with Crippen LogP contribution >= 0.6 is 0 Å². The van der Waals surface area contributed by atoms with Gasteiger partial charge in [0.15, 0.2) is 0 Å². The highest BCUT2D eigenvalue weighted by atomic mass is 16.4. The lowest BCUT2D eigenvalue weighted by Crippen LogP contribution is -2.55. The van der Waals surface area contributed by atoms with Crippen molar-refractivity contribution in [3.05, 3.63) is 0 Å². The van der Waals surface area contributed by atoms with Crippen molar-refractivity contribution in [1.29, 1.82) is 0 Å². The molecule has 1 fully saturated rings. The number of nitrogens with one attached hydrogen (secondary N) is 2. The van der Waals surface area contributed by atoms with E-state index in [4.69, 9.17) is 22.3 Å². The molecule has 0 spiro atoms. The summed E-state index contributed by atoms with van der Waals surface area (Å²) >= 11 is 0. The number of nitrogens with two attached hydrogens (primary N) is 3. The van der Waals surface area contributed by atoms with E-state index in [-0.39, 0.29) is 12.8 Å². The number of carboxylic acids is 1. The number of likely N-dealkylation sites (tertiary alicyclic amines) is 1. The van der Waals surface area contributed by atoms with Gasteiger partial charge in [-0.25, -0.2) is 0 Å². The smallest absolute Gasteiger partial charge is 0.322 e. The number of carbonyl (C=O) groups is 5. The van der Waals surface area contributed by atoms with Crippen molar-refractivity contribution in [2.75, 3.05) is 19.6 Å². The van der Waals surface area contributed by atoms with E-state index in [2.05, 4.69) is 10.6 Å². The number of carbonyl (C=O) groups excluding carboxylic acids is 4. The molecule has 3 unspecified atom stereocenters. The largest absolute Gasteiger partial charge is 0.480 e. The van der Waals surface area contributed by atoms with Crippen molar-refractivity contribution in [3.63, 3.8) is 0 Å². The normalized spacial score (nSPS) is 17.8. The maximum absolute atomic E-state index is 13.1. The van der Waals surface area contributed by atoms with E-state index < -0.39 is 54.3 Å². The molecule has 1 rings (SSSR count). The molecule has 12 heteroatoms. The molecule has 0 aromatic rings. The van der Waals surface area contributed by atoms with E-state index in [1.165, 1.54) is 4.90 Å². The second-order valence-corrected chi connectivity index (χ2v) is 7.26. The predicted octanol–water partition coefficient (Wildman–Crippen LogP) is -2.62. The van der Waals surface area contributed by atoms with Crippen LogP contribution in [0.15, 0.2) is 0 Å².